The van der Waals surface area contributed by atoms with Crippen LogP contribution in [0, 0.1) is 5.82 Å². The van der Waals surface area contributed by atoms with Crippen LogP contribution in [0.3, 0.4) is 0 Å². The Morgan fingerprint density at radius 1 is 1.11 bits per heavy atom. The SMILES string of the molecule is COc1ccc(C(NC(=O)C(C)Oc2ccc(F)cc2)c2nccn2C)cc1. The third-order valence-electron chi connectivity index (χ3n) is 4.35. The molecule has 7 heteroatoms. The molecule has 2 atom stereocenters. The molecule has 0 bridgehead atoms. The number of aromatic nitrogens is 2. The fourth-order valence-corrected chi connectivity index (χ4v) is 2.78. The summed E-state index contributed by atoms with van der Waals surface area (Å²) in [6, 6.07) is 12.5. The molecule has 0 saturated heterocycles. The van der Waals surface area contributed by atoms with Crippen LogP contribution < -0.4 is 14.8 Å². The van der Waals surface area contributed by atoms with E-state index in [9.17, 15) is 9.18 Å². The third kappa shape index (κ3) is 4.49. The molecule has 1 N–H and O–H groups in total. The number of hydrogen-bond donors (Lipinski definition) is 1. The number of nitrogens with zero attached hydrogens (tertiary/aromatic N) is 2. The number of carbonyl (C=O) groups excluding carboxylic acids is 1. The number of aryl methyl sites for hydroxylation is 1. The molecule has 0 radical (unpaired) electrons. The van der Waals surface area contributed by atoms with Crippen molar-refractivity contribution in [2.75, 3.05) is 7.11 Å². The Labute approximate surface area is 162 Å². The zero-order valence-corrected chi connectivity index (χ0v) is 15.9. The predicted octanol–water partition coefficient (Wildman–Crippen LogP) is 3.24. The summed E-state index contributed by atoms with van der Waals surface area (Å²) in [5.74, 6) is 1.16. The van der Waals surface area contributed by atoms with Gasteiger partial charge in [0.1, 0.15) is 29.2 Å². The number of hydrogen-bond acceptors (Lipinski definition) is 4. The predicted molar refractivity (Wildman–Crippen MR) is 103 cm³/mol. The van der Waals surface area contributed by atoms with Crippen LogP contribution in [-0.2, 0) is 11.8 Å². The molecule has 0 aliphatic heterocycles. The summed E-state index contributed by atoms with van der Waals surface area (Å²) in [5.41, 5.74) is 0.859. The molecule has 0 saturated carbocycles. The van der Waals surface area contributed by atoms with Crippen molar-refractivity contribution in [3.8, 4) is 11.5 Å². The largest absolute Gasteiger partial charge is 0.497 e. The second kappa shape index (κ2) is 8.56. The van der Waals surface area contributed by atoms with E-state index in [2.05, 4.69) is 10.3 Å². The van der Waals surface area contributed by atoms with E-state index in [1.807, 2.05) is 42.1 Å². The minimum Gasteiger partial charge on any atom is -0.497 e. The van der Waals surface area contributed by atoms with Crippen molar-refractivity contribution >= 4 is 5.91 Å². The lowest BCUT2D eigenvalue weighted by Gasteiger charge is -2.22. The Morgan fingerprint density at radius 2 is 1.75 bits per heavy atom. The van der Waals surface area contributed by atoms with Crippen LogP contribution in [0.1, 0.15) is 24.4 Å². The van der Waals surface area contributed by atoms with Gasteiger partial charge in [0.2, 0.25) is 0 Å². The number of ether oxygens (including phenoxy) is 2. The van der Waals surface area contributed by atoms with Crippen molar-refractivity contribution in [2.45, 2.75) is 19.1 Å². The molecule has 3 rings (SSSR count). The van der Waals surface area contributed by atoms with Crippen LogP contribution in [0.25, 0.3) is 0 Å². The first kappa shape index (κ1) is 19.4. The quantitative estimate of drug-likeness (QED) is 0.680. The number of carbonyl (C=O) groups is 1. The molecule has 0 aliphatic carbocycles. The van der Waals surface area contributed by atoms with Crippen molar-refractivity contribution in [1.82, 2.24) is 14.9 Å². The van der Waals surface area contributed by atoms with Gasteiger partial charge in [-0.25, -0.2) is 9.37 Å². The van der Waals surface area contributed by atoms with Gasteiger partial charge in [-0.2, -0.15) is 0 Å². The summed E-state index contributed by atoms with van der Waals surface area (Å²) in [7, 11) is 3.46. The van der Waals surface area contributed by atoms with Crippen molar-refractivity contribution < 1.29 is 18.7 Å². The first-order valence-corrected chi connectivity index (χ1v) is 8.81. The molecule has 2 aromatic carbocycles. The molecule has 0 fully saturated rings. The van der Waals surface area contributed by atoms with E-state index in [1.54, 1.807) is 20.2 Å². The van der Waals surface area contributed by atoms with Gasteiger partial charge in [-0.3, -0.25) is 4.79 Å². The summed E-state index contributed by atoms with van der Waals surface area (Å²) in [4.78, 5) is 17.1. The van der Waals surface area contributed by atoms with E-state index in [0.29, 0.717) is 11.6 Å². The molecule has 146 valence electrons. The van der Waals surface area contributed by atoms with Gasteiger partial charge in [-0.05, 0) is 48.9 Å². The first-order chi connectivity index (χ1) is 13.5. The number of methoxy groups -OCH3 is 1. The lowest BCUT2D eigenvalue weighted by molar-refractivity contribution is -0.127. The van der Waals surface area contributed by atoms with Crippen LogP contribution in [0.2, 0.25) is 0 Å². The smallest absolute Gasteiger partial charge is 0.261 e. The normalized spacial score (nSPS) is 12.9. The molecule has 0 spiro atoms. The fraction of sp³-hybridized carbons (Fsp3) is 0.238. The summed E-state index contributed by atoms with van der Waals surface area (Å²) in [5, 5.41) is 2.98. The van der Waals surface area contributed by atoms with Crippen LogP contribution in [0.5, 0.6) is 11.5 Å². The number of benzene rings is 2. The highest BCUT2D eigenvalue weighted by Gasteiger charge is 2.24. The number of rotatable bonds is 7. The second-order valence-corrected chi connectivity index (χ2v) is 6.33. The third-order valence-corrected chi connectivity index (χ3v) is 4.35. The second-order valence-electron chi connectivity index (χ2n) is 6.33. The Kier molecular flexibility index (Phi) is 5.93. The molecule has 3 aromatic rings. The Balaban J connectivity index is 1.79. The lowest BCUT2D eigenvalue weighted by atomic mass is 10.1. The zero-order valence-electron chi connectivity index (χ0n) is 15.9. The first-order valence-electron chi connectivity index (χ1n) is 8.81. The molecule has 2 unspecified atom stereocenters. The average Bonchev–Trinajstić information content (AvgIpc) is 3.13. The highest BCUT2D eigenvalue weighted by atomic mass is 19.1. The van der Waals surface area contributed by atoms with E-state index in [4.69, 9.17) is 9.47 Å². The number of imidazole rings is 1. The Bertz CT molecular complexity index is 923. The number of nitrogens with one attached hydrogen (secondary N) is 1. The lowest BCUT2D eigenvalue weighted by Crippen LogP contribution is -2.39. The van der Waals surface area contributed by atoms with Gasteiger partial charge in [0.05, 0.1) is 7.11 Å². The molecular formula is C21H22FN3O3. The van der Waals surface area contributed by atoms with Gasteiger partial charge < -0.3 is 19.4 Å². The van der Waals surface area contributed by atoms with E-state index in [1.165, 1.54) is 24.3 Å². The van der Waals surface area contributed by atoms with E-state index in [0.717, 1.165) is 11.3 Å². The number of halogens is 1. The molecule has 1 heterocycles. The minimum absolute atomic E-state index is 0.312. The molecule has 28 heavy (non-hydrogen) atoms. The van der Waals surface area contributed by atoms with E-state index >= 15 is 0 Å². The summed E-state index contributed by atoms with van der Waals surface area (Å²) >= 11 is 0. The van der Waals surface area contributed by atoms with E-state index < -0.39 is 12.1 Å². The average molecular weight is 383 g/mol. The molecule has 0 aliphatic rings. The Hall–Kier alpha value is -3.35. The van der Waals surface area contributed by atoms with Crippen LogP contribution in [0.15, 0.2) is 60.9 Å². The van der Waals surface area contributed by atoms with Gasteiger partial charge >= 0.3 is 0 Å². The minimum atomic E-state index is -0.772. The van der Waals surface area contributed by atoms with Crippen LogP contribution in [0.4, 0.5) is 4.39 Å². The topological polar surface area (TPSA) is 65.4 Å². The fourth-order valence-electron chi connectivity index (χ4n) is 2.78. The maximum Gasteiger partial charge on any atom is 0.261 e. The van der Waals surface area contributed by atoms with Gasteiger partial charge in [-0.15, -0.1) is 0 Å². The Morgan fingerprint density at radius 3 is 2.32 bits per heavy atom. The molecular weight excluding hydrogens is 361 g/mol. The van der Waals surface area contributed by atoms with Gasteiger partial charge in [0.25, 0.3) is 5.91 Å². The van der Waals surface area contributed by atoms with Crippen molar-refractivity contribution in [3.63, 3.8) is 0 Å². The maximum atomic E-state index is 13.0. The molecule has 6 nitrogen and oxygen atoms in total. The molecule has 1 amide bonds. The van der Waals surface area contributed by atoms with Crippen LogP contribution >= 0.6 is 0 Å². The van der Waals surface area contributed by atoms with Crippen molar-refractivity contribution in [2.24, 2.45) is 7.05 Å². The van der Waals surface area contributed by atoms with Crippen LogP contribution in [-0.4, -0.2) is 28.7 Å². The summed E-state index contributed by atoms with van der Waals surface area (Å²) < 4.78 is 25.7. The zero-order chi connectivity index (χ0) is 20.1. The van der Waals surface area contributed by atoms with Crippen molar-refractivity contribution in [3.05, 3.63) is 78.1 Å². The van der Waals surface area contributed by atoms with Gasteiger partial charge in [-0.1, -0.05) is 12.1 Å². The van der Waals surface area contributed by atoms with Crippen molar-refractivity contribution in [1.29, 1.82) is 0 Å². The molecule has 1 aromatic heterocycles. The summed E-state index contributed by atoms with van der Waals surface area (Å²) in [6.45, 7) is 1.64. The summed E-state index contributed by atoms with van der Waals surface area (Å²) in [6.07, 6.45) is 2.72. The highest BCUT2D eigenvalue weighted by Crippen LogP contribution is 2.23. The monoisotopic (exact) mass is 383 g/mol. The van der Waals surface area contributed by atoms with Gasteiger partial charge in [0.15, 0.2) is 6.10 Å². The number of amides is 1. The van der Waals surface area contributed by atoms with Gasteiger partial charge in [0, 0.05) is 19.4 Å². The van der Waals surface area contributed by atoms with E-state index in [-0.39, 0.29) is 11.7 Å². The standard InChI is InChI=1S/C21H22FN3O3/c1-14(28-18-10-6-16(22)7-11-18)21(26)24-19(20-23-12-13-25(20)2)15-4-8-17(27-3)9-5-15/h4-14,19H,1-3H3,(H,24,26). The maximum absolute atomic E-state index is 13.0. The highest BCUT2D eigenvalue weighted by molar-refractivity contribution is 5.81.